The zero-order chi connectivity index (χ0) is 19.3. The molecule has 0 saturated carbocycles. The van der Waals surface area contributed by atoms with Crippen molar-refractivity contribution >= 4 is 22.5 Å². The molecule has 0 bridgehead atoms. The predicted molar refractivity (Wildman–Crippen MR) is 103 cm³/mol. The van der Waals surface area contributed by atoms with Crippen LogP contribution in [0.15, 0.2) is 36.4 Å². The van der Waals surface area contributed by atoms with Crippen molar-refractivity contribution in [1.82, 2.24) is 24.5 Å². The number of nitrogens with two attached hydrogens (primary N) is 1. The molecule has 2 N–H and O–H groups in total. The maximum Gasteiger partial charge on any atom is 0.223 e. The molecule has 1 aliphatic heterocycles. The zero-order valence-electron chi connectivity index (χ0n) is 15.4. The van der Waals surface area contributed by atoms with E-state index in [0.717, 1.165) is 30.6 Å². The number of hydrogen-bond acceptors (Lipinski definition) is 6. The molecule has 2 aromatic carbocycles. The minimum Gasteiger partial charge on any atom is -0.494 e. The monoisotopic (exact) mass is 378 g/mol. The van der Waals surface area contributed by atoms with Crippen LogP contribution in [0, 0.1) is 5.82 Å². The fourth-order valence-electron chi connectivity index (χ4n) is 3.79. The Bertz CT molecular complexity index is 1200. The first-order valence-corrected chi connectivity index (χ1v) is 9.10. The molecule has 142 valence electrons. The number of anilines is 1. The molecule has 0 atom stereocenters. The summed E-state index contributed by atoms with van der Waals surface area (Å²) in [7, 11) is 1.60. The number of nitrogens with zero attached hydrogens (tertiary/aromatic N) is 5. The van der Waals surface area contributed by atoms with Crippen LogP contribution in [0.3, 0.4) is 0 Å². The number of rotatable bonds is 4. The first-order chi connectivity index (χ1) is 13.6. The Morgan fingerprint density at radius 2 is 2.00 bits per heavy atom. The number of ether oxygens (including phenoxy) is 1. The summed E-state index contributed by atoms with van der Waals surface area (Å²) in [5.41, 5.74) is 9.67. The van der Waals surface area contributed by atoms with E-state index in [-0.39, 0.29) is 11.8 Å². The third-order valence-electron chi connectivity index (χ3n) is 5.16. The number of hydrogen-bond donors (Lipinski definition) is 1. The molecular weight excluding hydrogens is 359 g/mol. The second kappa shape index (κ2) is 6.42. The standard InChI is InChI=1S/C20H19FN6O/c1-28-16-4-2-3-15-18(16)24-20(22)27-19(15)23-17(25-27)7-8-26-10-12-5-6-14(21)9-13(12)11-26/h2-6,9H,7-8,10-11H2,1H3,(H2,22,24). The lowest BCUT2D eigenvalue weighted by atomic mass is 10.1. The van der Waals surface area contributed by atoms with Crippen molar-refractivity contribution in [2.45, 2.75) is 19.5 Å². The first-order valence-electron chi connectivity index (χ1n) is 9.10. The lowest BCUT2D eigenvalue weighted by Gasteiger charge is -2.12. The van der Waals surface area contributed by atoms with Crippen LogP contribution in [-0.2, 0) is 19.5 Å². The average molecular weight is 378 g/mol. The highest BCUT2D eigenvalue weighted by Crippen LogP contribution is 2.28. The van der Waals surface area contributed by atoms with Crippen LogP contribution in [0.2, 0.25) is 0 Å². The maximum absolute atomic E-state index is 13.4. The quantitative estimate of drug-likeness (QED) is 0.588. The number of para-hydroxylation sites is 1. The summed E-state index contributed by atoms with van der Waals surface area (Å²) in [5.74, 6) is 1.44. The van der Waals surface area contributed by atoms with Crippen LogP contribution in [-0.4, -0.2) is 38.1 Å². The number of methoxy groups -OCH3 is 1. The molecule has 0 saturated heterocycles. The molecular formula is C20H19FN6O. The third kappa shape index (κ3) is 2.73. The largest absolute Gasteiger partial charge is 0.494 e. The van der Waals surface area contributed by atoms with Gasteiger partial charge in [-0.05, 0) is 35.4 Å². The van der Waals surface area contributed by atoms with Gasteiger partial charge in [0.15, 0.2) is 11.5 Å². The zero-order valence-corrected chi connectivity index (χ0v) is 15.4. The molecule has 28 heavy (non-hydrogen) atoms. The second-order valence-electron chi connectivity index (χ2n) is 6.96. The predicted octanol–water partition coefficient (Wildman–Crippen LogP) is 2.57. The molecule has 8 heteroatoms. The molecule has 0 radical (unpaired) electrons. The molecule has 0 aliphatic carbocycles. The Labute approximate surface area is 160 Å². The van der Waals surface area contributed by atoms with Gasteiger partial charge in [-0.2, -0.15) is 4.52 Å². The second-order valence-corrected chi connectivity index (χ2v) is 6.96. The van der Waals surface area contributed by atoms with Crippen LogP contribution in [0.4, 0.5) is 10.3 Å². The van der Waals surface area contributed by atoms with Gasteiger partial charge in [0.2, 0.25) is 5.95 Å². The molecule has 5 rings (SSSR count). The third-order valence-corrected chi connectivity index (χ3v) is 5.16. The van der Waals surface area contributed by atoms with Gasteiger partial charge in [0.05, 0.1) is 7.11 Å². The fraction of sp³-hybridized carbons (Fsp3) is 0.250. The van der Waals surface area contributed by atoms with Crippen molar-refractivity contribution < 1.29 is 9.13 Å². The van der Waals surface area contributed by atoms with E-state index in [9.17, 15) is 4.39 Å². The van der Waals surface area contributed by atoms with Gasteiger partial charge in [0.1, 0.15) is 17.1 Å². The fourth-order valence-corrected chi connectivity index (χ4v) is 3.79. The minimum absolute atomic E-state index is 0.187. The Balaban J connectivity index is 1.41. The summed E-state index contributed by atoms with van der Waals surface area (Å²) < 4.78 is 20.4. The van der Waals surface area contributed by atoms with Crippen LogP contribution in [0.25, 0.3) is 16.6 Å². The lowest BCUT2D eigenvalue weighted by molar-refractivity contribution is 0.286. The van der Waals surface area contributed by atoms with E-state index in [0.29, 0.717) is 29.2 Å². The van der Waals surface area contributed by atoms with Crippen LogP contribution >= 0.6 is 0 Å². The number of fused-ring (bicyclic) bond motifs is 4. The molecule has 2 aromatic heterocycles. The van der Waals surface area contributed by atoms with Gasteiger partial charge in [0.25, 0.3) is 0 Å². The van der Waals surface area contributed by atoms with Gasteiger partial charge in [-0.1, -0.05) is 12.1 Å². The SMILES string of the molecule is COc1cccc2c1nc(N)n1nc(CCN3Cc4ccc(F)cc4C3)nc21. The van der Waals surface area contributed by atoms with E-state index in [1.807, 2.05) is 24.3 Å². The topological polar surface area (TPSA) is 81.6 Å². The van der Waals surface area contributed by atoms with Crippen LogP contribution in [0.1, 0.15) is 17.0 Å². The summed E-state index contributed by atoms with van der Waals surface area (Å²) in [6.07, 6.45) is 0.670. The summed E-state index contributed by atoms with van der Waals surface area (Å²) in [6.45, 7) is 2.33. The minimum atomic E-state index is -0.187. The van der Waals surface area contributed by atoms with Crippen molar-refractivity contribution in [1.29, 1.82) is 0 Å². The molecule has 0 spiro atoms. The van der Waals surface area contributed by atoms with Gasteiger partial charge < -0.3 is 10.5 Å². The molecule has 1 aliphatic rings. The van der Waals surface area contributed by atoms with Gasteiger partial charge in [-0.3, -0.25) is 4.90 Å². The van der Waals surface area contributed by atoms with Gasteiger partial charge in [0, 0.05) is 31.4 Å². The number of aromatic nitrogens is 4. The van der Waals surface area contributed by atoms with E-state index in [4.69, 9.17) is 15.5 Å². The van der Waals surface area contributed by atoms with Crippen LogP contribution in [0.5, 0.6) is 5.75 Å². The summed E-state index contributed by atoms with van der Waals surface area (Å²) in [5, 5.41) is 5.38. The van der Waals surface area contributed by atoms with Crippen LogP contribution < -0.4 is 10.5 Å². The Morgan fingerprint density at radius 3 is 2.86 bits per heavy atom. The highest BCUT2D eigenvalue weighted by atomic mass is 19.1. The highest BCUT2D eigenvalue weighted by molar-refractivity contribution is 5.95. The Kier molecular flexibility index (Phi) is 3.87. The van der Waals surface area contributed by atoms with Crippen molar-refractivity contribution in [3.8, 4) is 5.75 Å². The summed E-state index contributed by atoms with van der Waals surface area (Å²) in [4.78, 5) is 11.4. The number of nitrogen functional groups attached to an aromatic ring is 1. The van der Waals surface area contributed by atoms with Crippen molar-refractivity contribution in [2.75, 3.05) is 19.4 Å². The molecule has 0 unspecified atom stereocenters. The van der Waals surface area contributed by atoms with Gasteiger partial charge in [-0.25, -0.2) is 14.4 Å². The van der Waals surface area contributed by atoms with Gasteiger partial charge in [-0.15, -0.1) is 5.10 Å². The Hall–Kier alpha value is -3.26. The summed E-state index contributed by atoms with van der Waals surface area (Å²) >= 11 is 0. The summed E-state index contributed by atoms with van der Waals surface area (Å²) in [6, 6.07) is 10.7. The van der Waals surface area contributed by atoms with E-state index in [1.54, 1.807) is 17.7 Å². The molecule has 7 nitrogen and oxygen atoms in total. The van der Waals surface area contributed by atoms with E-state index in [1.165, 1.54) is 11.6 Å². The van der Waals surface area contributed by atoms with E-state index >= 15 is 0 Å². The average Bonchev–Trinajstić information content (AvgIpc) is 3.30. The Morgan fingerprint density at radius 1 is 1.14 bits per heavy atom. The van der Waals surface area contributed by atoms with Crippen molar-refractivity contribution in [2.24, 2.45) is 0 Å². The number of halogens is 1. The molecule has 0 fully saturated rings. The number of benzene rings is 2. The van der Waals surface area contributed by atoms with Gasteiger partial charge >= 0.3 is 0 Å². The maximum atomic E-state index is 13.4. The highest BCUT2D eigenvalue weighted by Gasteiger charge is 2.20. The molecule has 3 heterocycles. The van der Waals surface area contributed by atoms with Crippen molar-refractivity contribution in [3.63, 3.8) is 0 Å². The van der Waals surface area contributed by atoms with E-state index in [2.05, 4.69) is 15.0 Å². The van der Waals surface area contributed by atoms with E-state index < -0.39 is 0 Å². The molecule has 4 aromatic rings. The smallest absolute Gasteiger partial charge is 0.223 e. The molecule has 0 amide bonds. The lowest BCUT2D eigenvalue weighted by Crippen LogP contribution is -2.19. The normalized spacial score (nSPS) is 14.1. The first kappa shape index (κ1) is 16.9. The van der Waals surface area contributed by atoms with Crippen molar-refractivity contribution in [3.05, 3.63) is 59.2 Å².